The average molecular weight is 515 g/mol. The second kappa shape index (κ2) is 10.2. The maximum absolute atomic E-state index is 13.9. The summed E-state index contributed by atoms with van der Waals surface area (Å²) in [6.07, 6.45) is 2.42. The van der Waals surface area contributed by atoms with E-state index in [0.29, 0.717) is 0 Å². The van der Waals surface area contributed by atoms with E-state index in [4.69, 9.17) is 5.73 Å². The van der Waals surface area contributed by atoms with E-state index in [9.17, 15) is 27.8 Å². The fourth-order valence-electron chi connectivity index (χ4n) is 4.27. The van der Waals surface area contributed by atoms with Crippen molar-refractivity contribution in [3.05, 3.63) is 71.0 Å². The third-order valence-electron chi connectivity index (χ3n) is 6.19. The van der Waals surface area contributed by atoms with Gasteiger partial charge in [-0.05, 0) is 44.0 Å². The Kier molecular flexibility index (Phi) is 7.23. The lowest BCUT2D eigenvalue weighted by atomic mass is 9.92. The van der Waals surface area contributed by atoms with Crippen molar-refractivity contribution in [1.82, 2.24) is 5.32 Å². The van der Waals surface area contributed by atoms with Gasteiger partial charge in [0, 0.05) is 17.2 Å². The summed E-state index contributed by atoms with van der Waals surface area (Å²) in [5.74, 6) is -2.09. The van der Waals surface area contributed by atoms with Crippen molar-refractivity contribution in [3.63, 3.8) is 0 Å². The van der Waals surface area contributed by atoms with Gasteiger partial charge in [-0.15, -0.1) is 4.40 Å². The number of rotatable bonds is 7. The molecule has 0 aromatic heterocycles. The zero-order valence-electron chi connectivity index (χ0n) is 19.6. The molecule has 3 atom stereocenters. The van der Waals surface area contributed by atoms with Gasteiger partial charge >= 0.3 is 0 Å². The van der Waals surface area contributed by atoms with Crippen molar-refractivity contribution in [1.29, 1.82) is 0 Å². The Bertz CT molecular complexity index is 1380. The predicted molar refractivity (Wildman–Crippen MR) is 134 cm³/mol. The first-order chi connectivity index (χ1) is 17.1. The quantitative estimate of drug-likeness (QED) is 0.146. The maximum atomic E-state index is 13.9. The molecule has 190 valence electrons. The number of aliphatic imine (C=N–C) groups is 1. The van der Waals surface area contributed by atoms with Crippen LogP contribution in [0, 0.1) is 5.82 Å². The number of nitrogens with zero attached hydrogens (tertiary/aromatic N) is 2. The van der Waals surface area contributed by atoms with Gasteiger partial charge in [-0.3, -0.25) is 9.79 Å². The van der Waals surface area contributed by atoms with Gasteiger partial charge in [0.25, 0.3) is 10.0 Å². The van der Waals surface area contributed by atoms with Crippen LogP contribution in [0.15, 0.2) is 68.4 Å². The van der Waals surface area contributed by atoms with Crippen LogP contribution in [0.2, 0.25) is 0 Å². The van der Waals surface area contributed by atoms with Crippen LogP contribution >= 0.6 is 0 Å². The number of carbonyl (C=O) groups excluding carboxylic acids is 1. The Morgan fingerprint density at radius 2 is 1.86 bits per heavy atom. The van der Waals surface area contributed by atoms with Crippen molar-refractivity contribution in [2.75, 3.05) is 0 Å². The van der Waals surface area contributed by atoms with E-state index in [0.717, 1.165) is 37.8 Å². The Morgan fingerprint density at radius 3 is 2.56 bits per heavy atom. The highest BCUT2D eigenvalue weighted by Crippen LogP contribution is 2.30. The van der Waals surface area contributed by atoms with Crippen molar-refractivity contribution in [2.45, 2.75) is 55.7 Å². The van der Waals surface area contributed by atoms with Crippen LogP contribution in [-0.4, -0.2) is 54.3 Å². The lowest BCUT2D eigenvalue weighted by Crippen LogP contribution is -2.38. The zero-order valence-corrected chi connectivity index (χ0v) is 20.4. The summed E-state index contributed by atoms with van der Waals surface area (Å²) in [4.78, 5) is 18.0. The average Bonchev–Trinajstić information content (AvgIpc) is 3.27. The van der Waals surface area contributed by atoms with E-state index >= 15 is 0 Å². The van der Waals surface area contributed by atoms with Gasteiger partial charge in [0.05, 0.1) is 10.9 Å². The molecule has 1 aliphatic heterocycles. The van der Waals surface area contributed by atoms with Gasteiger partial charge in [0.2, 0.25) is 5.78 Å². The second-order valence-electron chi connectivity index (χ2n) is 8.84. The van der Waals surface area contributed by atoms with Crippen LogP contribution < -0.4 is 11.1 Å². The highest BCUT2D eigenvalue weighted by Gasteiger charge is 2.35. The predicted octanol–water partition coefficient (Wildman–Crippen LogP) is 2.72. The third kappa shape index (κ3) is 5.31. The Balaban J connectivity index is 1.80. The van der Waals surface area contributed by atoms with Crippen molar-refractivity contribution < 1.29 is 27.8 Å². The number of ketones is 1. The molecule has 36 heavy (non-hydrogen) atoms. The molecule has 11 heteroatoms. The number of hydrogen-bond acceptors (Lipinski definition) is 7. The van der Waals surface area contributed by atoms with Crippen molar-refractivity contribution in [3.8, 4) is 0 Å². The smallest absolute Gasteiger partial charge is 0.284 e. The molecule has 9 nitrogen and oxygen atoms in total. The molecule has 1 heterocycles. The summed E-state index contributed by atoms with van der Waals surface area (Å²) in [6, 6.07) is 10.2. The molecule has 0 spiro atoms. The van der Waals surface area contributed by atoms with Gasteiger partial charge in [0.15, 0.2) is 0 Å². The lowest BCUT2D eigenvalue weighted by Gasteiger charge is -2.23. The van der Waals surface area contributed by atoms with Crippen LogP contribution in [0.1, 0.15) is 48.5 Å². The molecule has 1 aliphatic carbocycles. The third-order valence-corrected chi connectivity index (χ3v) is 7.49. The SMILES string of the molecule is CC(O)C(N)=NS(=O)(=O)c1cccc(C(=O)C(C2=N[C@@H]3CCCC[C@@H]3N2)=C(O)c2cccc(F)c2)c1. The van der Waals surface area contributed by atoms with Crippen LogP contribution in [0.5, 0.6) is 0 Å². The molecule has 1 fully saturated rings. The van der Waals surface area contributed by atoms with Crippen molar-refractivity contribution >= 4 is 33.2 Å². The molecule has 0 amide bonds. The minimum absolute atomic E-state index is 0.0151. The largest absolute Gasteiger partial charge is 0.506 e. The number of benzene rings is 2. The van der Waals surface area contributed by atoms with E-state index in [1.165, 1.54) is 43.3 Å². The molecule has 1 saturated carbocycles. The van der Waals surface area contributed by atoms with Gasteiger partial charge in [-0.25, -0.2) is 4.39 Å². The summed E-state index contributed by atoms with van der Waals surface area (Å²) < 4.78 is 42.7. The molecule has 2 aromatic carbocycles. The van der Waals surface area contributed by atoms with E-state index in [-0.39, 0.29) is 39.5 Å². The second-order valence-corrected chi connectivity index (χ2v) is 10.4. The Hall–Kier alpha value is -3.57. The van der Waals surface area contributed by atoms with Gasteiger partial charge in [-0.2, -0.15) is 8.42 Å². The number of nitrogens with two attached hydrogens (primary N) is 1. The summed E-state index contributed by atoms with van der Waals surface area (Å²) in [5, 5.41) is 23.8. The number of nitrogens with one attached hydrogen (secondary N) is 1. The molecular weight excluding hydrogens is 487 g/mol. The highest BCUT2D eigenvalue weighted by molar-refractivity contribution is 7.90. The first-order valence-electron chi connectivity index (χ1n) is 11.5. The maximum Gasteiger partial charge on any atom is 0.284 e. The fourth-order valence-corrected chi connectivity index (χ4v) is 5.33. The highest BCUT2D eigenvalue weighted by atomic mass is 32.2. The minimum atomic E-state index is -4.32. The standard InChI is InChI=1S/C25H27FN4O5S/c1-14(31)24(27)30-36(34,35)18-9-5-7-16(13-18)23(33)21(22(32)15-6-4-8-17(26)12-15)25-28-19-10-2-3-11-20(19)29-25/h4-9,12-14,19-20,31-32H,2-3,10-11H2,1H3,(H2,27,30)(H,28,29)/t14?,19-,20+. The fraction of sp³-hybridized carbons (Fsp3) is 0.320. The van der Waals surface area contributed by atoms with Crippen molar-refractivity contribution in [2.24, 2.45) is 15.1 Å². The summed E-state index contributed by atoms with van der Waals surface area (Å²) in [7, 11) is -4.32. The number of carbonyl (C=O) groups is 1. The van der Waals surface area contributed by atoms with E-state index < -0.39 is 39.3 Å². The number of fused-ring (bicyclic) bond motifs is 1. The Morgan fingerprint density at radius 1 is 1.17 bits per heavy atom. The normalized spacial score (nSPS) is 21.6. The van der Waals surface area contributed by atoms with E-state index in [1.54, 1.807) is 0 Å². The molecule has 5 N–H and O–H groups in total. The molecule has 2 aliphatic rings. The van der Waals surface area contributed by atoms with Crippen LogP contribution in [-0.2, 0) is 10.0 Å². The van der Waals surface area contributed by atoms with Gasteiger partial charge in [-0.1, -0.05) is 37.1 Å². The van der Waals surface area contributed by atoms with Crippen LogP contribution in [0.25, 0.3) is 5.76 Å². The summed E-state index contributed by atoms with van der Waals surface area (Å²) in [5.41, 5.74) is 5.34. The molecule has 4 rings (SSSR count). The molecule has 2 aromatic rings. The number of sulfonamides is 1. The monoisotopic (exact) mass is 514 g/mol. The summed E-state index contributed by atoms with van der Waals surface area (Å²) >= 11 is 0. The van der Waals surface area contributed by atoms with Crippen LogP contribution in [0.4, 0.5) is 4.39 Å². The molecule has 1 unspecified atom stereocenters. The number of hydrogen-bond donors (Lipinski definition) is 4. The number of aliphatic hydroxyl groups is 2. The Labute approximate surface area is 208 Å². The number of Topliss-reactive ketones (excluding diaryl/α,β-unsaturated/α-hetero) is 1. The number of halogens is 1. The first-order valence-corrected chi connectivity index (χ1v) is 13.0. The molecule has 0 saturated heterocycles. The zero-order chi connectivity index (χ0) is 26.0. The van der Waals surface area contributed by atoms with Gasteiger partial charge < -0.3 is 21.3 Å². The topological polar surface area (TPSA) is 154 Å². The van der Waals surface area contributed by atoms with Gasteiger partial charge in [0.1, 0.15) is 34.9 Å². The minimum Gasteiger partial charge on any atom is -0.506 e. The van der Waals surface area contributed by atoms with E-state index in [2.05, 4.69) is 14.7 Å². The first kappa shape index (κ1) is 25.5. The molecular formula is C25H27FN4O5S. The molecule has 0 bridgehead atoms. The van der Waals surface area contributed by atoms with E-state index in [1.807, 2.05) is 0 Å². The lowest BCUT2D eigenvalue weighted by molar-refractivity contribution is 0.103. The van der Waals surface area contributed by atoms with Crippen LogP contribution in [0.3, 0.4) is 0 Å². The summed E-state index contributed by atoms with van der Waals surface area (Å²) in [6.45, 7) is 1.27. The number of amidine groups is 2. The molecule has 0 radical (unpaired) electrons. The number of aliphatic hydroxyl groups excluding tert-OH is 2.